The quantitative estimate of drug-likeness (QED) is 0.626. The van der Waals surface area contributed by atoms with E-state index in [0.29, 0.717) is 48.4 Å². The van der Waals surface area contributed by atoms with Crippen LogP contribution in [0.25, 0.3) is 10.9 Å². The molecule has 0 radical (unpaired) electrons. The predicted octanol–water partition coefficient (Wildman–Crippen LogP) is 2.74. The normalized spacial score (nSPS) is 11.0. The van der Waals surface area contributed by atoms with Crippen molar-refractivity contribution in [2.75, 3.05) is 0 Å². The molecule has 3 rings (SSSR count). The highest BCUT2D eigenvalue weighted by Crippen LogP contribution is 2.10. The molecule has 0 aliphatic carbocycles. The van der Waals surface area contributed by atoms with Crippen molar-refractivity contribution in [1.82, 2.24) is 20.3 Å². The third-order valence-electron chi connectivity index (χ3n) is 4.12. The molecule has 0 bridgehead atoms. The number of amides is 1. The number of benzene rings is 1. The second kappa shape index (κ2) is 9.12. The first-order valence-electron chi connectivity index (χ1n) is 9.37. The van der Waals surface area contributed by atoms with E-state index < -0.39 is 0 Å². The Bertz CT molecular complexity index is 996. The van der Waals surface area contributed by atoms with Crippen molar-refractivity contribution in [2.24, 2.45) is 0 Å². The summed E-state index contributed by atoms with van der Waals surface area (Å²) in [6.07, 6.45) is 3.27. The van der Waals surface area contributed by atoms with E-state index in [9.17, 15) is 9.59 Å². The number of para-hydroxylation sites is 1. The predicted molar refractivity (Wildman–Crippen MR) is 107 cm³/mol. The number of aromatic nitrogens is 3. The molecule has 0 spiro atoms. The van der Waals surface area contributed by atoms with Gasteiger partial charge >= 0.3 is 0 Å². The number of nitrogens with one attached hydrogen (secondary N) is 2. The van der Waals surface area contributed by atoms with Crippen molar-refractivity contribution in [1.29, 1.82) is 0 Å². The van der Waals surface area contributed by atoms with Gasteiger partial charge in [0, 0.05) is 31.6 Å². The van der Waals surface area contributed by atoms with E-state index in [2.05, 4.69) is 20.3 Å². The fraction of sp³-hybridized carbons (Fsp3) is 0.333. The third kappa shape index (κ3) is 5.39. The fourth-order valence-electron chi connectivity index (χ4n) is 2.79. The Morgan fingerprint density at radius 3 is 2.79 bits per heavy atom. The molecule has 2 aromatic heterocycles. The zero-order valence-corrected chi connectivity index (χ0v) is 16.1. The van der Waals surface area contributed by atoms with Gasteiger partial charge in [0.1, 0.15) is 5.82 Å². The van der Waals surface area contributed by atoms with Crippen molar-refractivity contribution < 1.29 is 9.53 Å². The molecular formula is C21H24N4O3. The Hall–Kier alpha value is -3.22. The van der Waals surface area contributed by atoms with Crippen LogP contribution in [-0.2, 0) is 17.8 Å². The monoisotopic (exact) mass is 380 g/mol. The number of aryl methyl sites for hydroxylation is 1. The first-order valence-corrected chi connectivity index (χ1v) is 9.37. The Balaban J connectivity index is 1.45. The van der Waals surface area contributed by atoms with Crippen LogP contribution >= 0.6 is 0 Å². The summed E-state index contributed by atoms with van der Waals surface area (Å²) in [4.78, 5) is 35.5. The van der Waals surface area contributed by atoms with Crippen LogP contribution in [0.5, 0.6) is 5.88 Å². The summed E-state index contributed by atoms with van der Waals surface area (Å²) in [7, 11) is 0. The number of hydrogen-bond donors (Lipinski definition) is 2. The SMILES string of the molecule is CC(C)Oc1ccc(CNC(=O)CCCc2nc3ccccc3c(=O)[nH]2)cn1. The number of carbonyl (C=O) groups is 1. The molecular weight excluding hydrogens is 356 g/mol. The highest BCUT2D eigenvalue weighted by Gasteiger charge is 2.06. The van der Waals surface area contributed by atoms with E-state index in [1.165, 1.54) is 0 Å². The van der Waals surface area contributed by atoms with Gasteiger partial charge in [0.25, 0.3) is 5.56 Å². The molecule has 146 valence electrons. The summed E-state index contributed by atoms with van der Waals surface area (Å²) < 4.78 is 5.50. The second-order valence-electron chi connectivity index (χ2n) is 6.83. The number of rotatable bonds is 8. The van der Waals surface area contributed by atoms with Crippen LogP contribution in [0.3, 0.4) is 0 Å². The van der Waals surface area contributed by atoms with E-state index in [4.69, 9.17) is 4.74 Å². The fourth-order valence-corrected chi connectivity index (χ4v) is 2.79. The minimum absolute atomic E-state index is 0.0503. The lowest BCUT2D eigenvalue weighted by molar-refractivity contribution is -0.121. The zero-order valence-electron chi connectivity index (χ0n) is 16.1. The third-order valence-corrected chi connectivity index (χ3v) is 4.12. The van der Waals surface area contributed by atoms with Gasteiger partial charge in [0.15, 0.2) is 0 Å². The molecule has 0 atom stereocenters. The molecule has 0 aliphatic heterocycles. The average molecular weight is 380 g/mol. The highest BCUT2D eigenvalue weighted by atomic mass is 16.5. The van der Waals surface area contributed by atoms with E-state index in [1.54, 1.807) is 18.3 Å². The zero-order chi connectivity index (χ0) is 19.9. The molecule has 7 nitrogen and oxygen atoms in total. The van der Waals surface area contributed by atoms with Crippen molar-refractivity contribution in [3.05, 3.63) is 64.3 Å². The van der Waals surface area contributed by atoms with Gasteiger partial charge in [0.05, 0.1) is 17.0 Å². The van der Waals surface area contributed by atoms with Gasteiger partial charge in [-0.25, -0.2) is 9.97 Å². The number of fused-ring (bicyclic) bond motifs is 1. The summed E-state index contributed by atoms with van der Waals surface area (Å²) in [5, 5.41) is 3.45. The van der Waals surface area contributed by atoms with Gasteiger partial charge in [-0.05, 0) is 38.0 Å². The molecule has 0 aliphatic rings. The summed E-state index contributed by atoms with van der Waals surface area (Å²) >= 11 is 0. The van der Waals surface area contributed by atoms with Crippen LogP contribution in [0, 0.1) is 0 Å². The summed E-state index contributed by atoms with van der Waals surface area (Å²) in [5.74, 6) is 1.12. The van der Waals surface area contributed by atoms with Crippen LogP contribution in [0.15, 0.2) is 47.4 Å². The molecule has 3 aromatic rings. The molecule has 2 heterocycles. The maximum absolute atomic E-state index is 12.0. The topological polar surface area (TPSA) is 97.0 Å². The molecule has 0 unspecified atom stereocenters. The van der Waals surface area contributed by atoms with Crippen molar-refractivity contribution in [3.63, 3.8) is 0 Å². The average Bonchev–Trinajstić information content (AvgIpc) is 2.67. The van der Waals surface area contributed by atoms with Crippen LogP contribution in [0.2, 0.25) is 0 Å². The number of H-pyrrole nitrogens is 1. The Morgan fingerprint density at radius 2 is 2.04 bits per heavy atom. The smallest absolute Gasteiger partial charge is 0.258 e. The number of nitrogens with zero attached hydrogens (tertiary/aromatic N) is 2. The van der Waals surface area contributed by atoms with Gasteiger partial charge in [-0.3, -0.25) is 9.59 Å². The molecule has 1 aromatic carbocycles. The molecule has 0 saturated carbocycles. The molecule has 0 fully saturated rings. The van der Waals surface area contributed by atoms with E-state index in [1.807, 2.05) is 38.1 Å². The number of pyridine rings is 1. The molecule has 0 saturated heterocycles. The van der Waals surface area contributed by atoms with Gasteiger partial charge in [-0.2, -0.15) is 0 Å². The van der Waals surface area contributed by atoms with Crippen LogP contribution < -0.4 is 15.6 Å². The Labute approximate surface area is 163 Å². The molecule has 28 heavy (non-hydrogen) atoms. The maximum Gasteiger partial charge on any atom is 0.258 e. The Morgan fingerprint density at radius 1 is 1.21 bits per heavy atom. The van der Waals surface area contributed by atoms with E-state index in [-0.39, 0.29) is 17.6 Å². The van der Waals surface area contributed by atoms with E-state index >= 15 is 0 Å². The summed E-state index contributed by atoms with van der Waals surface area (Å²) in [5.41, 5.74) is 1.43. The standard InChI is InChI=1S/C21H24N4O3/c1-14(2)28-20-11-10-15(13-23-20)12-22-19(26)9-5-8-18-24-17-7-4-3-6-16(17)21(27)25-18/h3-4,6-7,10-11,13-14H,5,8-9,12H2,1-2H3,(H,22,26)(H,24,25,27). The number of hydrogen-bond acceptors (Lipinski definition) is 5. The largest absolute Gasteiger partial charge is 0.475 e. The minimum Gasteiger partial charge on any atom is -0.475 e. The lowest BCUT2D eigenvalue weighted by Gasteiger charge is -2.09. The van der Waals surface area contributed by atoms with Gasteiger partial charge in [-0.15, -0.1) is 0 Å². The summed E-state index contributed by atoms with van der Waals surface area (Å²) in [6.45, 7) is 4.30. The lowest BCUT2D eigenvalue weighted by atomic mass is 10.2. The van der Waals surface area contributed by atoms with Crippen LogP contribution in [0.1, 0.15) is 38.1 Å². The second-order valence-corrected chi connectivity index (χ2v) is 6.83. The van der Waals surface area contributed by atoms with Crippen molar-refractivity contribution >= 4 is 16.8 Å². The summed E-state index contributed by atoms with van der Waals surface area (Å²) in [6, 6.07) is 10.9. The number of ether oxygens (including phenoxy) is 1. The van der Waals surface area contributed by atoms with Crippen molar-refractivity contribution in [2.45, 2.75) is 45.8 Å². The Kier molecular flexibility index (Phi) is 6.37. The molecule has 7 heteroatoms. The van der Waals surface area contributed by atoms with Crippen LogP contribution in [0.4, 0.5) is 0 Å². The first kappa shape index (κ1) is 19.5. The first-order chi connectivity index (χ1) is 13.5. The number of carbonyl (C=O) groups excluding carboxylic acids is 1. The van der Waals surface area contributed by atoms with Gasteiger partial charge in [-0.1, -0.05) is 18.2 Å². The molecule has 2 N–H and O–H groups in total. The molecule has 1 amide bonds. The maximum atomic E-state index is 12.0. The lowest BCUT2D eigenvalue weighted by Crippen LogP contribution is -2.22. The highest BCUT2D eigenvalue weighted by molar-refractivity contribution is 5.77. The van der Waals surface area contributed by atoms with Gasteiger partial charge < -0.3 is 15.0 Å². The van der Waals surface area contributed by atoms with E-state index in [0.717, 1.165) is 5.56 Å². The van der Waals surface area contributed by atoms with Crippen molar-refractivity contribution in [3.8, 4) is 5.88 Å². The minimum atomic E-state index is -0.151. The van der Waals surface area contributed by atoms with Crippen LogP contribution in [-0.4, -0.2) is 27.0 Å². The van der Waals surface area contributed by atoms with Gasteiger partial charge in [0.2, 0.25) is 11.8 Å². The number of aromatic amines is 1.